The van der Waals surface area contributed by atoms with Crippen molar-refractivity contribution in [3.63, 3.8) is 0 Å². The molecule has 1 heterocycles. The molecule has 1 saturated heterocycles. The van der Waals surface area contributed by atoms with Gasteiger partial charge in [-0.2, -0.15) is 4.31 Å². The van der Waals surface area contributed by atoms with Gasteiger partial charge in [0.25, 0.3) is 0 Å². The van der Waals surface area contributed by atoms with Crippen LogP contribution in [0, 0.1) is 11.3 Å². The molecular formula is C15H23NO3S. The van der Waals surface area contributed by atoms with Crippen molar-refractivity contribution in [1.29, 1.82) is 0 Å². The number of piperidine rings is 1. The summed E-state index contributed by atoms with van der Waals surface area (Å²) in [6.45, 7) is 7.73. The highest BCUT2D eigenvalue weighted by molar-refractivity contribution is 7.89. The normalized spacial score (nSPS) is 19.1. The van der Waals surface area contributed by atoms with E-state index in [2.05, 4.69) is 20.8 Å². The summed E-state index contributed by atoms with van der Waals surface area (Å²) in [5, 5.41) is 9.44. The van der Waals surface area contributed by atoms with Crippen LogP contribution in [-0.4, -0.2) is 30.9 Å². The summed E-state index contributed by atoms with van der Waals surface area (Å²) in [6.07, 6.45) is 1.78. The van der Waals surface area contributed by atoms with Crippen LogP contribution in [0.2, 0.25) is 0 Å². The average Bonchev–Trinajstić information content (AvgIpc) is 2.38. The van der Waals surface area contributed by atoms with Gasteiger partial charge in [-0.05, 0) is 42.4 Å². The third kappa shape index (κ3) is 3.15. The van der Waals surface area contributed by atoms with Gasteiger partial charge in [-0.3, -0.25) is 0 Å². The van der Waals surface area contributed by atoms with Crippen LogP contribution in [0.1, 0.15) is 33.6 Å². The molecule has 0 aliphatic carbocycles. The molecular weight excluding hydrogens is 274 g/mol. The number of rotatable bonds is 2. The predicted octanol–water partition coefficient (Wildman–Crippen LogP) is 2.84. The molecule has 0 aromatic heterocycles. The highest BCUT2D eigenvalue weighted by Gasteiger charge is 2.33. The molecule has 0 spiro atoms. The van der Waals surface area contributed by atoms with Crippen LogP contribution in [0.3, 0.4) is 0 Å². The Labute approximate surface area is 121 Å². The van der Waals surface area contributed by atoms with Crippen molar-refractivity contribution in [1.82, 2.24) is 4.31 Å². The molecule has 0 atom stereocenters. The Bertz CT molecular complexity index is 567. The van der Waals surface area contributed by atoms with Gasteiger partial charge in [0.05, 0.1) is 4.90 Å². The maximum atomic E-state index is 12.5. The van der Waals surface area contributed by atoms with Crippen molar-refractivity contribution in [2.75, 3.05) is 13.1 Å². The zero-order chi connectivity index (χ0) is 15.0. The first-order valence-electron chi connectivity index (χ1n) is 7.00. The third-order valence-electron chi connectivity index (χ3n) is 4.13. The summed E-state index contributed by atoms with van der Waals surface area (Å²) in [7, 11) is -3.48. The fourth-order valence-electron chi connectivity index (χ4n) is 2.76. The van der Waals surface area contributed by atoms with Gasteiger partial charge < -0.3 is 5.11 Å². The lowest BCUT2D eigenvalue weighted by Gasteiger charge is -2.38. The van der Waals surface area contributed by atoms with Crippen molar-refractivity contribution >= 4 is 10.0 Å². The van der Waals surface area contributed by atoms with Crippen molar-refractivity contribution in [2.45, 2.75) is 38.5 Å². The van der Waals surface area contributed by atoms with Crippen molar-refractivity contribution in [3.05, 3.63) is 24.3 Å². The fourth-order valence-corrected chi connectivity index (χ4v) is 4.27. The van der Waals surface area contributed by atoms with Crippen LogP contribution in [0.25, 0.3) is 0 Å². The molecule has 1 aliphatic rings. The van der Waals surface area contributed by atoms with Crippen LogP contribution in [0.15, 0.2) is 29.2 Å². The number of hydrogen-bond acceptors (Lipinski definition) is 3. The summed E-state index contributed by atoms with van der Waals surface area (Å²) in [5.41, 5.74) is 0.223. The first-order chi connectivity index (χ1) is 9.21. The second-order valence-corrected chi connectivity index (χ2v) is 8.48. The second kappa shape index (κ2) is 5.37. The smallest absolute Gasteiger partial charge is 0.243 e. The molecule has 0 radical (unpaired) electrons. The van der Waals surface area contributed by atoms with E-state index >= 15 is 0 Å². The molecule has 4 nitrogen and oxygen atoms in total. The van der Waals surface area contributed by atoms with Crippen LogP contribution in [0.4, 0.5) is 0 Å². The van der Waals surface area contributed by atoms with Gasteiger partial charge in [-0.25, -0.2) is 8.42 Å². The first kappa shape index (κ1) is 15.3. The number of sulfonamides is 1. The maximum absolute atomic E-state index is 12.5. The highest BCUT2D eigenvalue weighted by Crippen LogP contribution is 2.35. The quantitative estimate of drug-likeness (QED) is 0.913. The number of hydrogen-bond donors (Lipinski definition) is 1. The Kier molecular flexibility index (Phi) is 4.12. The lowest BCUT2D eigenvalue weighted by atomic mass is 9.76. The van der Waals surface area contributed by atoms with E-state index in [0.717, 1.165) is 12.8 Å². The largest absolute Gasteiger partial charge is 0.508 e. The lowest BCUT2D eigenvalue weighted by molar-refractivity contribution is 0.154. The van der Waals surface area contributed by atoms with Crippen molar-refractivity contribution in [3.8, 4) is 5.75 Å². The van der Waals surface area contributed by atoms with E-state index in [0.29, 0.717) is 19.0 Å². The molecule has 20 heavy (non-hydrogen) atoms. The Morgan fingerprint density at radius 2 is 1.80 bits per heavy atom. The zero-order valence-electron chi connectivity index (χ0n) is 12.3. The van der Waals surface area contributed by atoms with Crippen LogP contribution in [0.5, 0.6) is 5.75 Å². The molecule has 5 heteroatoms. The van der Waals surface area contributed by atoms with E-state index in [9.17, 15) is 13.5 Å². The summed E-state index contributed by atoms with van der Waals surface area (Å²) in [4.78, 5) is 0.173. The Hall–Kier alpha value is -1.07. The molecule has 2 rings (SSSR count). The molecule has 0 bridgehead atoms. The summed E-state index contributed by atoms with van der Waals surface area (Å²) < 4.78 is 26.6. The molecule has 112 valence electrons. The van der Waals surface area contributed by atoms with Gasteiger partial charge in [-0.15, -0.1) is 0 Å². The van der Waals surface area contributed by atoms with Crippen molar-refractivity contribution in [2.24, 2.45) is 11.3 Å². The van der Waals surface area contributed by atoms with Crippen LogP contribution in [-0.2, 0) is 10.0 Å². The van der Waals surface area contributed by atoms with Crippen LogP contribution < -0.4 is 0 Å². The van der Waals surface area contributed by atoms with Gasteiger partial charge in [0, 0.05) is 13.1 Å². The van der Waals surface area contributed by atoms with Gasteiger partial charge >= 0.3 is 0 Å². The van der Waals surface area contributed by atoms with Gasteiger partial charge in [0.15, 0.2) is 0 Å². The zero-order valence-corrected chi connectivity index (χ0v) is 13.2. The van der Waals surface area contributed by atoms with E-state index < -0.39 is 10.0 Å². The standard InChI is InChI=1S/C15H23NO3S/c1-15(2,3)12-7-9-16(10-8-12)20(18,19)14-6-4-5-13(17)11-14/h4-6,11-12,17H,7-10H2,1-3H3. The minimum absolute atomic E-state index is 0.0179. The van der Waals surface area contributed by atoms with E-state index in [-0.39, 0.29) is 16.1 Å². The summed E-state index contributed by atoms with van der Waals surface area (Å²) in [5.74, 6) is 0.536. The summed E-state index contributed by atoms with van der Waals surface area (Å²) >= 11 is 0. The number of benzene rings is 1. The van der Waals surface area contributed by atoms with E-state index in [1.807, 2.05) is 0 Å². The Morgan fingerprint density at radius 3 is 2.30 bits per heavy atom. The average molecular weight is 297 g/mol. The Balaban J connectivity index is 2.14. The summed E-state index contributed by atoms with van der Waals surface area (Å²) in [6, 6.07) is 5.88. The minimum atomic E-state index is -3.48. The number of nitrogens with zero attached hydrogens (tertiary/aromatic N) is 1. The molecule has 1 fully saturated rings. The number of phenols is 1. The first-order valence-corrected chi connectivity index (χ1v) is 8.44. The Morgan fingerprint density at radius 1 is 1.20 bits per heavy atom. The van der Waals surface area contributed by atoms with Gasteiger partial charge in [-0.1, -0.05) is 26.8 Å². The van der Waals surface area contributed by atoms with E-state index in [1.54, 1.807) is 6.07 Å². The lowest BCUT2D eigenvalue weighted by Crippen LogP contribution is -2.41. The number of aromatic hydroxyl groups is 1. The maximum Gasteiger partial charge on any atom is 0.243 e. The van der Waals surface area contributed by atoms with Gasteiger partial charge in [0.2, 0.25) is 10.0 Å². The highest BCUT2D eigenvalue weighted by atomic mass is 32.2. The monoisotopic (exact) mass is 297 g/mol. The molecule has 1 aliphatic heterocycles. The van der Waals surface area contributed by atoms with Gasteiger partial charge in [0.1, 0.15) is 5.75 Å². The van der Waals surface area contributed by atoms with Crippen molar-refractivity contribution < 1.29 is 13.5 Å². The predicted molar refractivity (Wildman–Crippen MR) is 79.0 cm³/mol. The fraction of sp³-hybridized carbons (Fsp3) is 0.600. The second-order valence-electron chi connectivity index (χ2n) is 6.54. The number of phenolic OH excluding ortho intramolecular Hbond substituents is 1. The van der Waals surface area contributed by atoms with E-state index in [4.69, 9.17) is 0 Å². The molecule has 1 aromatic carbocycles. The van der Waals surface area contributed by atoms with Crippen LogP contribution >= 0.6 is 0 Å². The molecule has 0 unspecified atom stereocenters. The molecule has 0 saturated carbocycles. The molecule has 1 aromatic rings. The van der Waals surface area contributed by atoms with E-state index in [1.165, 1.54) is 22.5 Å². The topological polar surface area (TPSA) is 57.6 Å². The minimum Gasteiger partial charge on any atom is -0.508 e. The third-order valence-corrected chi connectivity index (χ3v) is 6.03. The SMILES string of the molecule is CC(C)(C)C1CCN(S(=O)(=O)c2cccc(O)c2)CC1. The molecule has 0 amide bonds. The molecule has 1 N–H and O–H groups in total.